The monoisotopic (exact) mass is 472 g/mol. The number of carbonyl (C=O) groups is 1. The zero-order valence-corrected chi connectivity index (χ0v) is 16.2. The lowest BCUT2D eigenvalue weighted by Gasteiger charge is -2.31. The van der Waals surface area contributed by atoms with Crippen molar-refractivity contribution in [3.05, 3.63) is 18.2 Å². The van der Waals surface area contributed by atoms with Gasteiger partial charge in [0.15, 0.2) is 5.96 Å². The van der Waals surface area contributed by atoms with E-state index in [1.807, 2.05) is 0 Å². The van der Waals surface area contributed by atoms with Crippen molar-refractivity contribution >= 4 is 36.0 Å². The van der Waals surface area contributed by atoms with E-state index in [0.717, 1.165) is 4.57 Å². The van der Waals surface area contributed by atoms with E-state index < -0.39 is 6.55 Å². The van der Waals surface area contributed by atoms with Crippen LogP contribution in [0, 0.1) is 0 Å². The zero-order chi connectivity index (χ0) is 17.5. The number of alkyl halides is 2. The Morgan fingerprint density at radius 3 is 2.80 bits per heavy atom. The van der Waals surface area contributed by atoms with Gasteiger partial charge in [0.25, 0.3) is 0 Å². The van der Waals surface area contributed by atoms with Gasteiger partial charge in [-0.25, -0.2) is 14.8 Å². The Kier molecular flexibility index (Phi) is 8.86. The molecule has 1 saturated heterocycles. The Morgan fingerprint density at radius 1 is 1.52 bits per heavy atom. The second kappa shape index (κ2) is 10.4. The molecule has 0 spiro atoms. The quantitative estimate of drug-likeness (QED) is 0.388. The SMILES string of the molecule is CCOC(=O)N1CCC(NC(N)=NCc2nccn2C(F)F)CC1.I. The summed E-state index contributed by atoms with van der Waals surface area (Å²) in [7, 11) is 0. The van der Waals surface area contributed by atoms with Gasteiger partial charge in [0.05, 0.1) is 6.61 Å². The number of halogens is 3. The number of aromatic nitrogens is 2. The van der Waals surface area contributed by atoms with Gasteiger partial charge >= 0.3 is 12.6 Å². The third-order valence-corrected chi connectivity index (χ3v) is 3.72. The molecule has 2 heterocycles. The molecule has 0 saturated carbocycles. The summed E-state index contributed by atoms with van der Waals surface area (Å²) in [4.78, 5) is 21.1. The molecule has 142 valence electrons. The number of carbonyl (C=O) groups excluding carboxylic acids is 1. The van der Waals surface area contributed by atoms with E-state index in [2.05, 4.69) is 15.3 Å². The molecule has 8 nitrogen and oxygen atoms in total. The summed E-state index contributed by atoms with van der Waals surface area (Å²) in [6, 6.07) is 0.0780. The van der Waals surface area contributed by atoms with Crippen molar-refractivity contribution in [2.75, 3.05) is 19.7 Å². The lowest BCUT2D eigenvalue weighted by molar-refractivity contribution is 0.0670. The highest BCUT2D eigenvalue weighted by Gasteiger charge is 2.23. The van der Waals surface area contributed by atoms with Crippen LogP contribution in [-0.2, 0) is 11.3 Å². The fraction of sp³-hybridized carbons (Fsp3) is 0.643. The van der Waals surface area contributed by atoms with Crippen LogP contribution in [0.4, 0.5) is 13.6 Å². The Hall–Kier alpha value is -1.66. The number of nitrogens with one attached hydrogen (secondary N) is 1. The molecule has 1 amide bonds. The van der Waals surface area contributed by atoms with Crippen LogP contribution < -0.4 is 11.1 Å². The molecule has 3 N–H and O–H groups in total. The van der Waals surface area contributed by atoms with Crippen LogP contribution in [0.5, 0.6) is 0 Å². The van der Waals surface area contributed by atoms with Crippen LogP contribution in [0.2, 0.25) is 0 Å². The van der Waals surface area contributed by atoms with Crippen LogP contribution in [0.3, 0.4) is 0 Å². The number of piperidine rings is 1. The topological polar surface area (TPSA) is 97.8 Å². The molecule has 0 unspecified atom stereocenters. The number of nitrogens with zero attached hydrogens (tertiary/aromatic N) is 4. The second-order valence-electron chi connectivity index (χ2n) is 5.33. The van der Waals surface area contributed by atoms with Crippen molar-refractivity contribution in [3.8, 4) is 0 Å². The molecule has 11 heteroatoms. The minimum atomic E-state index is -2.65. The van der Waals surface area contributed by atoms with E-state index in [-0.39, 0.29) is 54.4 Å². The number of hydrogen-bond donors (Lipinski definition) is 2. The Labute approximate surface area is 161 Å². The number of guanidine groups is 1. The van der Waals surface area contributed by atoms with Crippen molar-refractivity contribution in [2.24, 2.45) is 10.7 Å². The lowest BCUT2D eigenvalue weighted by Crippen LogP contribution is -2.48. The highest BCUT2D eigenvalue weighted by Crippen LogP contribution is 2.13. The maximum absolute atomic E-state index is 12.7. The van der Waals surface area contributed by atoms with Crippen molar-refractivity contribution in [3.63, 3.8) is 0 Å². The largest absolute Gasteiger partial charge is 0.450 e. The number of nitrogens with two attached hydrogens (primary N) is 1. The van der Waals surface area contributed by atoms with E-state index in [1.165, 1.54) is 12.4 Å². The molecule has 0 atom stereocenters. The average molecular weight is 472 g/mol. The molecular formula is C14H23F2IN6O2. The van der Waals surface area contributed by atoms with Crippen LogP contribution >= 0.6 is 24.0 Å². The van der Waals surface area contributed by atoms with Crippen LogP contribution in [-0.4, -0.2) is 52.2 Å². The molecule has 1 aromatic heterocycles. The summed E-state index contributed by atoms with van der Waals surface area (Å²) in [5.41, 5.74) is 5.80. The number of ether oxygens (including phenoxy) is 1. The summed E-state index contributed by atoms with van der Waals surface area (Å²) in [6.45, 7) is 0.573. The highest BCUT2D eigenvalue weighted by molar-refractivity contribution is 14.0. The van der Waals surface area contributed by atoms with Crippen LogP contribution in [0.1, 0.15) is 32.1 Å². The molecular weight excluding hydrogens is 449 g/mol. The van der Waals surface area contributed by atoms with Gasteiger partial charge in [0, 0.05) is 31.5 Å². The normalized spacial score (nSPS) is 15.8. The molecule has 0 aromatic carbocycles. The predicted octanol–water partition coefficient (Wildman–Crippen LogP) is 1.92. The molecule has 0 radical (unpaired) electrons. The zero-order valence-electron chi connectivity index (χ0n) is 13.9. The van der Waals surface area contributed by atoms with Gasteiger partial charge in [-0.3, -0.25) is 4.57 Å². The Morgan fingerprint density at radius 2 is 2.20 bits per heavy atom. The van der Waals surface area contributed by atoms with E-state index in [9.17, 15) is 13.6 Å². The first-order valence-corrected chi connectivity index (χ1v) is 7.79. The van der Waals surface area contributed by atoms with Gasteiger partial charge in [-0.1, -0.05) is 0 Å². The molecule has 1 aromatic rings. The Bertz CT molecular complexity index is 575. The third-order valence-electron chi connectivity index (χ3n) is 3.72. The summed E-state index contributed by atoms with van der Waals surface area (Å²) < 4.78 is 31.1. The first-order chi connectivity index (χ1) is 11.5. The maximum Gasteiger partial charge on any atom is 0.409 e. The van der Waals surface area contributed by atoms with E-state index >= 15 is 0 Å². The lowest BCUT2D eigenvalue weighted by atomic mass is 10.1. The van der Waals surface area contributed by atoms with E-state index in [0.29, 0.717) is 32.5 Å². The number of aliphatic imine (C=N–C) groups is 1. The predicted molar refractivity (Wildman–Crippen MR) is 99.0 cm³/mol. The average Bonchev–Trinajstić information content (AvgIpc) is 3.02. The van der Waals surface area contributed by atoms with Crippen molar-refractivity contribution < 1.29 is 18.3 Å². The summed E-state index contributed by atoms with van der Waals surface area (Å²) in [5.74, 6) is 0.320. The standard InChI is InChI=1S/C14H22F2N6O2.HI/c1-2-24-14(23)21-6-3-10(4-7-21)20-13(17)19-9-11-18-5-8-22(11)12(15)16;/h5,8,10,12H,2-4,6-7,9H2,1H3,(H3,17,19,20);1H. The van der Waals surface area contributed by atoms with Crippen molar-refractivity contribution in [1.29, 1.82) is 0 Å². The molecule has 1 aliphatic rings. The fourth-order valence-corrected chi connectivity index (χ4v) is 2.48. The molecule has 25 heavy (non-hydrogen) atoms. The second-order valence-corrected chi connectivity index (χ2v) is 5.33. The maximum atomic E-state index is 12.7. The van der Waals surface area contributed by atoms with Crippen molar-refractivity contribution in [1.82, 2.24) is 19.8 Å². The van der Waals surface area contributed by atoms with E-state index in [4.69, 9.17) is 10.5 Å². The number of rotatable bonds is 5. The highest BCUT2D eigenvalue weighted by atomic mass is 127. The summed E-state index contributed by atoms with van der Waals surface area (Å²) in [5, 5.41) is 3.05. The summed E-state index contributed by atoms with van der Waals surface area (Å²) in [6.07, 6.45) is 3.61. The van der Waals surface area contributed by atoms with Gasteiger partial charge in [-0.15, -0.1) is 24.0 Å². The third kappa shape index (κ3) is 6.29. The van der Waals surface area contributed by atoms with Gasteiger partial charge in [0.1, 0.15) is 12.4 Å². The smallest absolute Gasteiger partial charge is 0.409 e. The van der Waals surface area contributed by atoms with Gasteiger partial charge in [-0.2, -0.15) is 8.78 Å². The van der Waals surface area contributed by atoms with Gasteiger partial charge in [0.2, 0.25) is 0 Å². The molecule has 2 rings (SSSR count). The van der Waals surface area contributed by atoms with Crippen LogP contribution in [0.25, 0.3) is 0 Å². The number of likely N-dealkylation sites (tertiary alicyclic amines) is 1. The Balaban J connectivity index is 0.00000312. The number of hydrogen-bond acceptors (Lipinski definition) is 4. The van der Waals surface area contributed by atoms with Crippen LogP contribution in [0.15, 0.2) is 17.4 Å². The first kappa shape index (κ1) is 21.4. The number of imidazole rings is 1. The van der Waals surface area contributed by atoms with Crippen molar-refractivity contribution in [2.45, 2.75) is 38.9 Å². The molecule has 0 bridgehead atoms. The molecule has 1 aliphatic heterocycles. The minimum Gasteiger partial charge on any atom is -0.450 e. The molecule has 1 fully saturated rings. The minimum absolute atomic E-state index is 0. The number of amides is 1. The summed E-state index contributed by atoms with van der Waals surface area (Å²) >= 11 is 0. The fourth-order valence-electron chi connectivity index (χ4n) is 2.48. The molecule has 0 aliphatic carbocycles. The van der Waals surface area contributed by atoms with E-state index in [1.54, 1.807) is 11.8 Å². The van der Waals surface area contributed by atoms with Gasteiger partial charge in [-0.05, 0) is 19.8 Å². The first-order valence-electron chi connectivity index (χ1n) is 7.79. The van der Waals surface area contributed by atoms with Gasteiger partial charge < -0.3 is 20.7 Å².